The van der Waals surface area contributed by atoms with Crippen LogP contribution >= 0.6 is 23.2 Å². The molecule has 0 aliphatic heterocycles. The number of hydrogen-bond acceptors (Lipinski definition) is 3. The van der Waals surface area contributed by atoms with E-state index in [4.69, 9.17) is 23.2 Å². The Morgan fingerprint density at radius 2 is 1.83 bits per heavy atom. The molecule has 0 saturated heterocycles. The predicted octanol–water partition coefficient (Wildman–Crippen LogP) is 4.71. The van der Waals surface area contributed by atoms with Crippen LogP contribution in [0.2, 0.25) is 10.0 Å². The van der Waals surface area contributed by atoms with Gasteiger partial charge in [-0.25, -0.2) is 0 Å². The van der Waals surface area contributed by atoms with Crippen molar-refractivity contribution in [3.8, 4) is 5.69 Å². The molecule has 0 bridgehead atoms. The lowest BCUT2D eigenvalue weighted by atomic mass is 10.1. The summed E-state index contributed by atoms with van der Waals surface area (Å²) in [6, 6.07) is 16.6. The number of nitrogens with one attached hydrogen (secondary N) is 1. The summed E-state index contributed by atoms with van der Waals surface area (Å²) < 4.78 is 1.28. The molecule has 0 saturated carbocycles. The van der Waals surface area contributed by atoms with Gasteiger partial charge in [0, 0.05) is 11.1 Å². The molecule has 1 aromatic heterocycles. The minimum Gasteiger partial charge on any atom is -0.376 e. The van der Waals surface area contributed by atoms with E-state index >= 15 is 0 Å². The third kappa shape index (κ3) is 3.45. The first kappa shape index (κ1) is 16.6. The lowest BCUT2D eigenvalue weighted by Crippen LogP contribution is -2.23. The molecular weight excluding hydrogens is 345 g/mol. The van der Waals surface area contributed by atoms with Crippen LogP contribution in [-0.4, -0.2) is 9.78 Å². The molecule has 3 rings (SSSR count). The fraction of sp³-hybridized carbons (Fsp3) is 0.111. The Morgan fingerprint density at radius 3 is 2.54 bits per heavy atom. The summed E-state index contributed by atoms with van der Waals surface area (Å²) in [4.78, 5) is 12.5. The number of rotatable bonds is 4. The molecular formula is C18H15Cl2N3O. The molecule has 24 heavy (non-hydrogen) atoms. The van der Waals surface area contributed by atoms with E-state index in [0.717, 1.165) is 5.56 Å². The summed E-state index contributed by atoms with van der Waals surface area (Å²) >= 11 is 12.3. The summed E-state index contributed by atoms with van der Waals surface area (Å²) in [6.07, 6.45) is 1.55. The maximum absolute atomic E-state index is 12.5. The molecule has 3 aromatic rings. The molecule has 1 unspecified atom stereocenters. The third-order valence-electron chi connectivity index (χ3n) is 3.64. The van der Waals surface area contributed by atoms with Crippen molar-refractivity contribution in [2.24, 2.45) is 0 Å². The molecule has 0 spiro atoms. The Hall–Kier alpha value is -2.30. The molecule has 122 valence electrons. The number of hydrogen-bond donors (Lipinski definition) is 1. The maximum Gasteiger partial charge on any atom is 0.292 e. The number of aromatic nitrogens is 2. The molecule has 0 aliphatic carbocycles. The highest BCUT2D eigenvalue weighted by molar-refractivity contribution is 6.33. The van der Waals surface area contributed by atoms with Gasteiger partial charge in [0.1, 0.15) is 5.02 Å². The Bertz CT molecular complexity index is 910. The first-order chi connectivity index (χ1) is 11.6. The number of anilines is 1. The van der Waals surface area contributed by atoms with E-state index in [1.165, 1.54) is 4.68 Å². The summed E-state index contributed by atoms with van der Waals surface area (Å²) in [7, 11) is 0. The number of nitrogens with zero attached hydrogens (tertiary/aromatic N) is 2. The number of halogens is 2. The second kappa shape index (κ2) is 7.07. The number of benzene rings is 2. The van der Waals surface area contributed by atoms with Gasteiger partial charge in [-0.15, -0.1) is 0 Å². The van der Waals surface area contributed by atoms with Gasteiger partial charge >= 0.3 is 0 Å². The Kier molecular flexibility index (Phi) is 4.88. The van der Waals surface area contributed by atoms with E-state index in [2.05, 4.69) is 10.4 Å². The van der Waals surface area contributed by atoms with Crippen LogP contribution in [0.15, 0.2) is 65.6 Å². The zero-order valence-electron chi connectivity index (χ0n) is 12.9. The van der Waals surface area contributed by atoms with E-state index in [9.17, 15) is 4.79 Å². The highest BCUT2D eigenvalue weighted by atomic mass is 35.5. The van der Waals surface area contributed by atoms with Gasteiger partial charge in [-0.1, -0.05) is 53.5 Å². The summed E-state index contributed by atoms with van der Waals surface area (Å²) in [5.74, 6) is 0. The van der Waals surface area contributed by atoms with Crippen LogP contribution in [0.4, 0.5) is 5.69 Å². The van der Waals surface area contributed by atoms with E-state index < -0.39 is 0 Å². The van der Waals surface area contributed by atoms with E-state index in [1.54, 1.807) is 18.3 Å². The van der Waals surface area contributed by atoms with Gasteiger partial charge < -0.3 is 5.32 Å². The zero-order valence-corrected chi connectivity index (χ0v) is 14.4. The smallest absolute Gasteiger partial charge is 0.292 e. The Balaban J connectivity index is 1.90. The number of para-hydroxylation sites is 1. The minimum atomic E-state index is -0.369. The molecule has 4 nitrogen and oxygen atoms in total. The van der Waals surface area contributed by atoms with Crippen LogP contribution in [0.25, 0.3) is 5.69 Å². The van der Waals surface area contributed by atoms with Crippen molar-refractivity contribution in [3.05, 3.63) is 86.8 Å². The molecule has 1 atom stereocenters. The van der Waals surface area contributed by atoms with Crippen molar-refractivity contribution < 1.29 is 0 Å². The van der Waals surface area contributed by atoms with Crippen LogP contribution in [-0.2, 0) is 0 Å². The van der Waals surface area contributed by atoms with E-state index in [1.807, 2.05) is 49.4 Å². The van der Waals surface area contributed by atoms with Crippen molar-refractivity contribution in [2.45, 2.75) is 13.0 Å². The third-order valence-corrected chi connectivity index (χ3v) is 4.24. The predicted molar refractivity (Wildman–Crippen MR) is 98.3 cm³/mol. The monoisotopic (exact) mass is 359 g/mol. The largest absolute Gasteiger partial charge is 0.376 e. The summed E-state index contributed by atoms with van der Waals surface area (Å²) in [5.41, 5.74) is 1.78. The summed E-state index contributed by atoms with van der Waals surface area (Å²) in [5, 5.41) is 8.17. The first-order valence-electron chi connectivity index (χ1n) is 7.41. The highest BCUT2D eigenvalue weighted by Gasteiger charge is 2.13. The quantitative estimate of drug-likeness (QED) is 0.733. The second-order valence-corrected chi connectivity index (χ2v) is 6.16. The topological polar surface area (TPSA) is 46.9 Å². The van der Waals surface area contributed by atoms with Crippen LogP contribution < -0.4 is 10.9 Å². The average molecular weight is 360 g/mol. The molecule has 0 aliphatic rings. The van der Waals surface area contributed by atoms with Gasteiger partial charge in [-0.05, 0) is 36.8 Å². The van der Waals surface area contributed by atoms with Crippen molar-refractivity contribution in [2.75, 3.05) is 5.32 Å². The molecule has 2 aromatic carbocycles. The average Bonchev–Trinajstić information content (AvgIpc) is 2.60. The van der Waals surface area contributed by atoms with Crippen LogP contribution in [0.5, 0.6) is 0 Å². The van der Waals surface area contributed by atoms with Crippen molar-refractivity contribution >= 4 is 28.9 Å². The van der Waals surface area contributed by atoms with Crippen molar-refractivity contribution in [3.63, 3.8) is 0 Å². The zero-order chi connectivity index (χ0) is 17.1. The maximum atomic E-state index is 12.5. The van der Waals surface area contributed by atoms with E-state index in [-0.39, 0.29) is 16.6 Å². The van der Waals surface area contributed by atoms with Crippen LogP contribution in [0, 0.1) is 0 Å². The van der Waals surface area contributed by atoms with Gasteiger partial charge in [0.25, 0.3) is 5.56 Å². The van der Waals surface area contributed by atoms with Crippen molar-refractivity contribution in [1.82, 2.24) is 9.78 Å². The SMILES string of the molecule is CC(Nc1cnn(-c2ccccc2)c(=O)c1Cl)c1cccc(Cl)c1. The Labute approximate surface area is 149 Å². The van der Waals surface area contributed by atoms with Crippen LogP contribution in [0.1, 0.15) is 18.5 Å². The van der Waals surface area contributed by atoms with Gasteiger partial charge in [-0.2, -0.15) is 9.78 Å². The summed E-state index contributed by atoms with van der Waals surface area (Å²) in [6.45, 7) is 1.96. The molecule has 0 amide bonds. The van der Waals surface area contributed by atoms with Gasteiger partial charge in [0.15, 0.2) is 0 Å². The highest BCUT2D eigenvalue weighted by Crippen LogP contribution is 2.24. The van der Waals surface area contributed by atoms with E-state index in [0.29, 0.717) is 16.4 Å². The minimum absolute atomic E-state index is 0.0741. The Morgan fingerprint density at radius 1 is 1.08 bits per heavy atom. The molecule has 1 N–H and O–H groups in total. The lowest BCUT2D eigenvalue weighted by Gasteiger charge is -2.17. The lowest BCUT2D eigenvalue weighted by molar-refractivity contribution is 0.799. The standard InChI is InChI=1S/C18H15Cl2N3O/c1-12(13-6-5-7-14(19)10-13)22-16-11-21-23(18(24)17(16)20)15-8-3-2-4-9-15/h2-12,22H,1H3. The molecule has 1 heterocycles. The normalized spacial score (nSPS) is 12.0. The second-order valence-electron chi connectivity index (χ2n) is 5.35. The van der Waals surface area contributed by atoms with Gasteiger partial charge in [0.05, 0.1) is 17.6 Å². The fourth-order valence-electron chi connectivity index (χ4n) is 2.38. The van der Waals surface area contributed by atoms with Gasteiger partial charge in [0.2, 0.25) is 0 Å². The van der Waals surface area contributed by atoms with Gasteiger partial charge in [-0.3, -0.25) is 4.79 Å². The van der Waals surface area contributed by atoms with Crippen LogP contribution in [0.3, 0.4) is 0 Å². The molecule has 0 radical (unpaired) electrons. The molecule has 6 heteroatoms. The first-order valence-corrected chi connectivity index (χ1v) is 8.17. The van der Waals surface area contributed by atoms with Crippen molar-refractivity contribution in [1.29, 1.82) is 0 Å². The molecule has 0 fully saturated rings. The fourth-order valence-corrected chi connectivity index (χ4v) is 2.76.